The summed E-state index contributed by atoms with van der Waals surface area (Å²) in [6.07, 6.45) is 6.84. The lowest BCUT2D eigenvalue weighted by atomic mass is 9.90. The van der Waals surface area contributed by atoms with Crippen molar-refractivity contribution in [3.05, 3.63) is 65.2 Å². The van der Waals surface area contributed by atoms with Crippen LogP contribution in [0.4, 0.5) is 0 Å². The van der Waals surface area contributed by atoms with Gasteiger partial charge in [0.15, 0.2) is 8.32 Å². The Kier molecular flexibility index (Phi) is 7.75. The molecule has 2 aromatic rings. The van der Waals surface area contributed by atoms with Gasteiger partial charge in [-0.05, 0) is 73.1 Å². The van der Waals surface area contributed by atoms with Crippen molar-refractivity contribution in [2.75, 3.05) is 13.2 Å². The molecule has 2 aliphatic rings. The second-order valence-electron chi connectivity index (χ2n) is 11.0. The van der Waals surface area contributed by atoms with E-state index in [0.29, 0.717) is 5.92 Å². The SMILES string of the molecule is C[C@@H](CN1Cc2ccccc2C1)[C@H](O[Si](C)(C)C)c1cccc(OCC2CCCCC2)c1. The van der Waals surface area contributed by atoms with Crippen LogP contribution in [0.25, 0.3) is 0 Å². The number of nitrogens with zero attached hydrogens (tertiary/aromatic N) is 1. The van der Waals surface area contributed by atoms with Gasteiger partial charge in [0.05, 0.1) is 12.7 Å². The van der Waals surface area contributed by atoms with Crippen molar-refractivity contribution in [1.29, 1.82) is 0 Å². The topological polar surface area (TPSA) is 21.7 Å². The van der Waals surface area contributed by atoms with E-state index in [1.165, 1.54) is 48.8 Å². The summed E-state index contributed by atoms with van der Waals surface area (Å²) in [5, 5.41) is 0. The lowest BCUT2D eigenvalue weighted by Gasteiger charge is -2.33. The summed E-state index contributed by atoms with van der Waals surface area (Å²) in [7, 11) is -1.71. The number of benzene rings is 2. The molecule has 174 valence electrons. The average Bonchev–Trinajstić information content (AvgIpc) is 3.18. The van der Waals surface area contributed by atoms with Crippen LogP contribution in [0.2, 0.25) is 19.6 Å². The number of fused-ring (bicyclic) bond motifs is 1. The molecule has 1 heterocycles. The Morgan fingerprint density at radius 1 is 0.938 bits per heavy atom. The van der Waals surface area contributed by atoms with E-state index in [1.54, 1.807) is 0 Å². The maximum atomic E-state index is 6.78. The molecule has 0 saturated heterocycles. The van der Waals surface area contributed by atoms with Gasteiger partial charge in [-0.3, -0.25) is 4.90 Å². The molecule has 0 N–H and O–H groups in total. The molecule has 1 aliphatic carbocycles. The number of rotatable bonds is 9. The molecule has 0 amide bonds. The number of ether oxygens (including phenoxy) is 1. The zero-order chi connectivity index (χ0) is 22.6. The maximum absolute atomic E-state index is 6.78. The van der Waals surface area contributed by atoms with Crippen molar-refractivity contribution in [3.8, 4) is 5.75 Å². The van der Waals surface area contributed by atoms with Crippen molar-refractivity contribution in [1.82, 2.24) is 4.90 Å². The fourth-order valence-corrected chi connectivity index (χ4v) is 6.41. The monoisotopic (exact) mass is 451 g/mol. The van der Waals surface area contributed by atoms with Crippen LogP contribution in [-0.4, -0.2) is 26.4 Å². The van der Waals surface area contributed by atoms with Crippen LogP contribution in [0.5, 0.6) is 5.75 Å². The smallest absolute Gasteiger partial charge is 0.184 e. The van der Waals surface area contributed by atoms with E-state index in [9.17, 15) is 0 Å². The van der Waals surface area contributed by atoms with Gasteiger partial charge >= 0.3 is 0 Å². The van der Waals surface area contributed by atoms with Gasteiger partial charge in [-0.15, -0.1) is 0 Å². The quantitative estimate of drug-likeness (QED) is 0.377. The Morgan fingerprint density at radius 2 is 1.62 bits per heavy atom. The molecule has 0 aromatic heterocycles. The summed E-state index contributed by atoms with van der Waals surface area (Å²) < 4.78 is 13.0. The Morgan fingerprint density at radius 3 is 2.28 bits per heavy atom. The zero-order valence-corrected chi connectivity index (χ0v) is 21.5. The predicted octanol–water partition coefficient (Wildman–Crippen LogP) is 7.19. The molecule has 1 fully saturated rings. The molecule has 4 heteroatoms. The highest BCUT2D eigenvalue weighted by atomic mass is 28.4. The third-order valence-corrected chi connectivity index (χ3v) is 7.81. The first-order valence-corrected chi connectivity index (χ1v) is 16.0. The minimum Gasteiger partial charge on any atom is -0.493 e. The molecule has 0 spiro atoms. The van der Waals surface area contributed by atoms with Crippen LogP contribution in [0.3, 0.4) is 0 Å². The van der Waals surface area contributed by atoms with E-state index in [-0.39, 0.29) is 6.10 Å². The van der Waals surface area contributed by atoms with Gasteiger partial charge in [0.2, 0.25) is 0 Å². The minimum absolute atomic E-state index is 0.101. The predicted molar refractivity (Wildman–Crippen MR) is 135 cm³/mol. The molecule has 2 aromatic carbocycles. The molecule has 1 aliphatic heterocycles. The first-order chi connectivity index (χ1) is 15.4. The second-order valence-corrected chi connectivity index (χ2v) is 15.4. The summed E-state index contributed by atoms with van der Waals surface area (Å²) in [5.41, 5.74) is 4.21. The first kappa shape index (κ1) is 23.5. The summed E-state index contributed by atoms with van der Waals surface area (Å²) in [4.78, 5) is 2.57. The Balaban J connectivity index is 1.43. The molecule has 3 nitrogen and oxygen atoms in total. The van der Waals surface area contributed by atoms with E-state index >= 15 is 0 Å². The molecular formula is C28H41NO2Si. The fourth-order valence-electron chi connectivity index (χ4n) is 5.28. The van der Waals surface area contributed by atoms with Crippen LogP contribution in [-0.2, 0) is 17.5 Å². The maximum Gasteiger partial charge on any atom is 0.184 e. The highest BCUT2D eigenvalue weighted by Crippen LogP contribution is 2.34. The van der Waals surface area contributed by atoms with E-state index in [2.05, 4.69) is 80.0 Å². The minimum atomic E-state index is -1.71. The van der Waals surface area contributed by atoms with Crippen molar-refractivity contribution in [3.63, 3.8) is 0 Å². The average molecular weight is 452 g/mol. The summed E-state index contributed by atoms with van der Waals surface area (Å²) in [6, 6.07) is 17.6. The van der Waals surface area contributed by atoms with Gasteiger partial charge < -0.3 is 9.16 Å². The lowest BCUT2D eigenvalue weighted by molar-refractivity contribution is 0.102. The van der Waals surface area contributed by atoms with Gasteiger partial charge in [0.25, 0.3) is 0 Å². The standard InChI is InChI=1S/C28H41NO2Si/c1-22(18-29-19-25-13-8-9-14-26(25)20-29)28(31-32(2,3)4)24-15-10-16-27(17-24)30-21-23-11-6-5-7-12-23/h8-10,13-17,22-23,28H,5-7,11-12,18-21H2,1-4H3/t22-,28-/m0/s1. The second kappa shape index (κ2) is 10.5. The molecule has 32 heavy (non-hydrogen) atoms. The number of hydrogen-bond donors (Lipinski definition) is 0. The van der Waals surface area contributed by atoms with Crippen molar-refractivity contribution < 1.29 is 9.16 Å². The summed E-state index contributed by atoms with van der Waals surface area (Å²) >= 11 is 0. The lowest BCUT2D eigenvalue weighted by Crippen LogP contribution is -2.34. The van der Waals surface area contributed by atoms with Crippen molar-refractivity contribution in [2.45, 2.75) is 77.9 Å². The molecule has 1 saturated carbocycles. The first-order valence-electron chi connectivity index (χ1n) is 12.6. The van der Waals surface area contributed by atoms with Gasteiger partial charge in [0.1, 0.15) is 5.75 Å². The van der Waals surface area contributed by atoms with Gasteiger partial charge in [-0.1, -0.05) is 62.6 Å². The normalized spacial score (nSPS) is 19.5. The summed E-state index contributed by atoms with van der Waals surface area (Å²) in [6.45, 7) is 13.2. The Labute approximate surface area is 196 Å². The molecule has 2 atom stereocenters. The molecular weight excluding hydrogens is 410 g/mol. The van der Waals surface area contributed by atoms with E-state index < -0.39 is 8.32 Å². The van der Waals surface area contributed by atoms with Gasteiger partial charge in [-0.25, -0.2) is 0 Å². The van der Waals surface area contributed by atoms with Gasteiger partial charge in [0, 0.05) is 19.6 Å². The van der Waals surface area contributed by atoms with Gasteiger partial charge in [-0.2, -0.15) is 0 Å². The summed E-state index contributed by atoms with van der Waals surface area (Å²) in [5.74, 6) is 2.12. The molecule has 0 bridgehead atoms. The zero-order valence-electron chi connectivity index (χ0n) is 20.5. The molecule has 0 radical (unpaired) electrons. The third-order valence-electron chi connectivity index (χ3n) is 6.85. The van der Waals surface area contributed by atoms with Crippen LogP contribution >= 0.6 is 0 Å². The van der Waals surface area contributed by atoms with Crippen LogP contribution < -0.4 is 4.74 Å². The van der Waals surface area contributed by atoms with Crippen molar-refractivity contribution in [2.24, 2.45) is 11.8 Å². The number of hydrogen-bond acceptors (Lipinski definition) is 3. The largest absolute Gasteiger partial charge is 0.493 e. The van der Waals surface area contributed by atoms with Crippen molar-refractivity contribution >= 4 is 8.32 Å². The highest BCUT2D eigenvalue weighted by Gasteiger charge is 2.30. The van der Waals surface area contributed by atoms with E-state index in [0.717, 1.165) is 37.9 Å². The highest BCUT2D eigenvalue weighted by molar-refractivity contribution is 6.69. The van der Waals surface area contributed by atoms with E-state index in [4.69, 9.17) is 9.16 Å². The van der Waals surface area contributed by atoms with E-state index in [1.807, 2.05) is 0 Å². The Bertz CT molecular complexity index is 847. The molecule has 4 rings (SSSR count). The molecule has 0 unspecified atom stereocenters. The van der Waals surface area contributed by atoms with Crippen LogP contribution in [0.15, 0.2) is 48.5 Å². The van der Waals surface area contributed by atoms with Crippen LogP contribution in [0.1, 0.15) is 61.8 Å². The fraction of sp³-hybridized carbons (Fsp3) is 0.571. The Hall–Kier alpha value is -1.62. The van der Waals surface area contributed by atoms with Crippen LogP contribution in [0, 0.1) is 11.8 Å². The third kappa shape index (κ3) is 6.46.